The average Bonchev–Trinajstić information content (AvgIpc) is 2.34. The van der Waals surface area contributed by atoms with Crippen molar-refractivity contribution in [3.05, 3.63) is 35.9 Å². The Balaban J connectivity index is 2.88. The van der Waals surface area contributed by atoms with Crippen molar-refractivity contribution >= 4 is 11.7 Å². The molecule has 0 fully saturated rings. The predicted molar refractivity (Wildman–Crippen MR) is 73.9 cm³/mol. The van der Waals surface area contributed by atoms with Crippen molar-refractivity contribution in [2.24, 2.45) is 4.99 Å². The Labute approximate surface area is 113 Å². The van der Waals surface area contributed by atoms with E-state index in [-0.39, 0.29) is 0 Å². The number of nitrogens with zero attached hydrogens (tertiary/aromatic N) is 2. The molecule has 1 aromatic carbocycles. The highest BCUT2D eigenvalue weighted by atomic mass is 16.6. The third-order valence-corrected chi connectivity index (χ3v) is 2.27. The number of carbonyl (C=O) groups is 1. The molecule has 0 aliphatic heterocycles. The van der Waals surface area contributed by atoms with Crippen LogP contribution in [0.4, 0.5) is 0 Å². The minimum atomic E-state index is -1.13. The zero-order valence-electron chi connectivity index (χ0n) is 11.7. The van der Waals surface area contributed by atoms with Crippen molar-refractivity contribution in [2.45, 2.75) is 39.3 Å². The Hall–Kier alpha value is -2.15. The molecule has 1 aromatic rings. The van der Waals surface area contributed by atoms with Gasteiger partial charge < -0.3 is 4.74 Å². The molecule has 0 N–H and O–H groups in total. The Morgan fingerprint density at radius 3 is 2.37 bits per heavy atom. The maximum absolute atomic E-state index is 11.8. The van der Waals surface area contributed by atoms with Crippen LogP contribution in [0.15, 0.2) is 35.3 Å². The number of esters is 1. The Morgan fingerprint density at radius 2 is 1.89 bits per heavy atom. The van der Waals surface area contributed by atoms with Gasteiger partial charge in [0.05, 0.1) is 0 Å². The van der Waals surface area contributed by atoms with Crippen LogP contribution in [0.2, 0.25) is 0 Å². The molecule has 1 unspecified atom stereocenters. The molecule has 0 bridgehead atoms. The van der Waals surface area contributed by atoms with Gasteiger partial charge in [-0.1, -0.05) is 30.3 Å². The molecule has 4 nitrogen and oxygen atoms in total. The van der Waals surface area contributed by atoms with Gasteiger partial charge in [0.1, 0.15) is 11.7 Å². The van der Waals surface area contributed by atoms with E-state index in [1.165, 1.54) is 0 Å². The van der Waals surface area contributed by atoms with Gasteiger partial charge in [0.25, 0.3) is 0 Å². The number of benzene rings is 1. The second kappa shape index (κ2) is 6.14. The van der Waals surface area contributed by atoms with Crippen LogP contribution in [0, 0.1) is 11.3 Å². The monoisotopic (exact) mass is 258 g/mol. The summed E-state index contributed by atoms with van der Waals surface area (Å²) in [6.45, 7) is 7.04. The number of ether oxygens (including phenoxy) is 1. The fourth-order valence-electron chi connectivity index (χ4n) is 1.44. The summed E-state index contributed by atoms with van der Waals surface area (Å²) < 4.78 is 5.16. The molecule has 0 saturated heterocycles. The van der Waals surface area contributed by atoms with E-state index in [9.17, 15) is 4.79 Å². The lowest BCUT2D eigenvalue weighted by molar-refractivity contribution is -0.154. The molecule has 19 heavy (non-hydrogen) atoms. The van der Waals surface area contributed by atoms with Crippen LogP contribution < -0.4 is 0 Å². The van der Waals surface area contributed by atoms with E-state index >= 15 is 0 Å². The highest BCUT2D eigenvalue weighted by Crippen LogP contribution is 2.10. The van der Waals surface area contributed by atoms with Crippen LogP contribution in [-0.4, -0.2) is 23.3 Å². The van der Waals surface area contributed by atoms with Crippen LogP contribution in [0.3, 0.4) is 0 Å². The third kappa shape index (κ3) is 4.92. The number of carbonyl (C=O) groups excluding carboxylic acids is 1. The number of nitriles is 1. The van der Waals surface area contributed by atoms with Crippen molar-refractivity contribution in [3.8, 4) is 6.07 Å². The first-order valence-electron chi connectivity index (χ1n) is 6.06. The molecule has 0 aliphatic carbocycles. The van der Waals surface area contributed by atoms with Gasteiger partial charge in [-0.2, -0.15) is 5.26 Å². The fraction of sp³-hybridized carbons (Fsp3) is 0.400. The quantitative estimate of drug-likeness (QED) is 0.618. The number of hydrogen-bond donors (Lipinski definition) is 0. The average molecular weight is 258 g/mol. The molecule has 4 heteroatoms. The lowest BCUT2D eigenvalue weighted by Crippen LogP contribution is -2.30. The summed E-state index contributed by atoms with van der Waals surface area (Å²) in [4.78, 5) is 15.9. The van der Waals surface area contributed by atoms with Gasteiger partial charge in [-0.05, 0) is 33.3 Å². The maximum Gasteiger partial charge on any atom is 0.346 e. The fourth-order valence-corrected chi connectivity index (χ4v) is 1.44. The summed E-state index contributed by atoms with van der Waals surface area (Å²) in [5, 5.41) is 9.03. The first-order chi connectivity index (χ1) is 8.83. The van der Waals surface area contributed by atoms with Gasteiger partial charge in [0, 0.05) is 5.71 Å². The van der Waals surface area contributed by atoms with E-state index in [0.29, 0.717) is 5.71 Å². The molecule has 0 aromatic heterocycles. The Kier molecular flexibility index (Phi) is 4.82. The van der Waals surface area contributed by atoms with Crippen LogP contribution in [0.1, 0.15) is 33.3 Å². The molecule has 0 heterocycles. The molecular weight excluding hydrogens is 240 g/mol. The molecule has 0 amide bonds. The zero-order chi connectivity index (χ0) is 14.5. The summed E-state index contributed by atoms with van der Waals surface area (Å²) >= 11 is 0. The highest BCUT2D eigenvalue weighted by molar-refractivity contribution is 6.00. The topological polar surface area (TPSA) is 62.5 Å². The smallest absolute Gasteiger partial charge is 0.346 e. The van der Waals surface area contributed by atoms with Crippen molar-refractivity contribution in [1.82, 2.24) is 0 Å². The second-order valence-electron chi connectivity index (χ2n) is 5.15. The molecule has 0 spiro atoms. The van der Waals surface area contributed by atoms with Crippen molar-refractivity contribution in [1.29, 1.82) is 5.26 Å². The predicted octanol–water partition coefficient (Wildman–Crippen LogP) is 2.73. The normalized spacial score (nSPS) is 13.5. The van der Waals surface area contributed by atoms with E-state index in [1.807, 2.05) is 36.4 Å². The molecule has 0 aliphatic rings. The van der Waals surface area contributed by atoms with Gasteiger partial charge in [-0.25, -0.2) is 4.79 Å². The van der Waals surface area contributed by atoms with Gasteiger partial charge in [0.2, 0.25) is 6.04 Å². The first-order valence-corrected chi connectivity index (χ1v) is 6.06. The van der Waals surface area contributed by atoms with E-state index in [4.69, 9.17) is 10.00 Å². The van der Waals surface area contributed by atoms with Crippen LogP contribution in [0.5, 0.6) is 0 Å². The largest absolute Gasteiger partial charge is 0.458 e. The van der Waals surface area contributed by atoms with E-state index in [1.54, 1.807) is 27.7 Å². The summed E-state index contributed by atoms with van der Waals surface area (Å²) in [5.74, 6) is -0.620. The SMILES string of the molecule is CC(=NC(C#N)C(=O)OC(C)(C)C)c1ccccc1. The van der Waals surface area contributed by atoms with Gasteiger partial charge >= 0.3 is 5.97 Å². The summed E-state index contributed by atoms with van der Waals surface area (Å²) in [5.41, 5.74) is 0.895. The summed E-state index contributed by atoms with van der Waals surface area (Å²) in [7, 11) is 0. The van der Waals surface area contributed by atoms with Crippen molar-refractivity contribution in [2.75, 3.05) is 0 Å². The number of aliphatic imine (C=N–C) groups is 1. The molecule has 1 atom stereocenters. The maximum atomic E-state index is 11.8. The Bertz CT molecular complexity index is 507. The van der Waals surface area contributed by atoms with E-state index in [2.05, 4.69) is 4.99 Å². The molecule has 0 radical (unpaired) electrons. The summed E-state index contributed by atoms with van der Waals surface area (Å²) in [6.07, 6.45) is 0. The number of rotatable bonds is 3. The highest BCUT2D eigenvalue weighted by Gasteiger charge is 2.24. The molecular formula is C15H18N2O2. The van der Waals surface area contributed by atoms with E-state index in [0.717, 1.165) is 5.56 Å². The van der Waals surface area contributed by atoms with Gasteiger partial charge in [-0.3, -0.25) is 4.99 Å². The van der Waals surface area contributed by atoms with Gasteiger partial charge in [0.15, 0.2) is 0 Å². The molecule has 1 rings (SSSR count). The van der Waals surface area contributed by atoms with Crippen LogP contribution >= 0.6 is 0 Å². The summed E-state index contributed by atoms with van der Waals surface area (Å²) in [6, 6.07) is 10.1. The zero-order valence-corrected chi connectivity index (χ0v) is 11.7. The van der Waals surface area contributed by atoms with Crippen LogP contribution in [0.25, 0.3) is 0 Å². The molecule has 100 valence electrons. The third-order valence-electron chi connectivity index (χ3n) is 2.27. The first kappa shape index (κ1) is 14.9. The minimum Gasteiger partial charge on any atom is -0.458 e. The Morgan fingerprint density at radius 1 is 1.32 bits per heavy atom. The van der Waals surface area contributed by atoms with Crippen molar-refractivity contribution < 1.29 is 9.53 Å². The second-order valence-corrected chi connectivity index (χ2v) is 5.15. The minimum absolute atomic E-state index is 0.620. The van der Waals surface area contributed by atoms with Crippen LogP contribution in [-0.2, 0) is 9.53 Å². The van der Waals surface area contributed by atoms with E-state index < -0.39 is 17.6 Å². The number of hydrogen-bond acceptors (Lipinski definition) is 4. The lowest BCUT2D eigenvalue weighted by Gasteiger charge is -2.20. The molecule has 0 saturated carbocycles. The van der Waals surface area contributed by atoms with Crippen molar-refractivity contribution in [3.63, 3.8) is 0 Å². The van der Waals surface area contributed by atoms with Gasteiger partial charge in [-0.15, -0.1) is 0 Å². The lowest BCUT2D eigenvalue weighted by atomic mass is 10.1. The standard InChI is InChI=1S/C15H18N2O2/c1-11(12-8-6-5-7-9-12)17-13(10-16)14(18)19-15(2,3)4/h5-9,13H,1-4H3.